The Morgan fingerprint density at radius 1 is 1.10 bits per heavy atom. The topological polar surface area (TPSA) is 104 Å². The normalized spacial score (nSPS) is 14.8. The minimum Gasteiger partial charge on any atom is -0.378 e. The standard InChI is InChI=1S/C22H18N4O3S2/c1-13-11-15(12-20-21(27)24-22(23)31-20)14(2)25(13)16-3-7-18(8-4-16)30-19-9-5-17(6-10-19)26(28)29/h3-12H,1-2H3,(H2,23,24,27)/b20-12-. The first-order valence-corrected chi connectivity index (χ1v) is 10.9. The Balaban J connectivity index is 1.55. The van der Waals surface area contributed by atoms with E-state index in [-0.39, 0.29) is 16.8 Å². The van der Waals surface area contributed by atoms with Crippen LogP contribution in [0.1, 0.15) is 17.0 Å². The zero-order valence-corrected chi connectivity index (χ0v) is 18.4. The second-order valence-corrected chi connectivity index (χ2v) is 9.08. The summed E-state index contributed by atoms with van der Waals surface area (Å²) in [7, 11) is 0. The molecular formula is C22H18N4O3S2. The van der Waals surface area contributed by atoms with Gasteiger partial charge in [0.25, 0.3) is 11.6 Å². The highest BCUT2D eigenvalue weighted by Gasteiger charge is 2.20. The maximum absolute atomic E-state index is 11.9. The van der Waals surface area contributed by atoms with Gasteiger partial charge in [-0.15, -0.1) is 0 Å². The minimum absolute atomic E-state index is 0.0796. The molecule has 1 amide bonds. The van der Waals surface area contributed by atoms with E-state index >= 15 is 0 Å². The number of carbonyl (C=O) groups excluding carboxylic acids is 1. The number of nitrogens with zero attached hydrogens (tertiary/aromatic N) is 3. The zero-order valence-electron chi connectivity index (χ0n) is 16.7. The zero-order chi connectivity index (χ0) is 22.1. The quantitative estimate of drug-likeness (QED) is 0.330. The molecule has 2 aromatic carbocycles. The summed E-state index contributed by atoms with van der Waals surface area (Å²) in [5, 5.41) is 11.1. The Labute approximate surface area is 187 Å². The monoisotopic (exact) mass is 450 g/mol. The van der Waals surface area contributed by atoms with Crippen LogP contribution in [-0.2, 0) is 4.79 Å². The number of nitro groups is 1. The summed E-state index contributed by atoms with van der Waals surface area (Å²) in [5.74, 6) is -0.306. The van der Waals surface area contributed by atoms with Crippen molar-refractivity contribution in [1.82, 2.24) is 4.57 Å². The molecule has 7 nitrogen and oxygen atoms in total. The first-order valence-electron chi connectivity index (χ1n) is 9.31. The molecule has 2 heterocycles. The largest absolute Gasteiger partial charge is 0.378 e. The number of carbonyl (C=O) groups is 1. The number of aromatic nitrogens is 1. The van der Waals surface area contributed by atoms with Crippen LogP contribution in [-0.4, -0.2) is 20.6 Å². The van der Waals surface area contributed by atoms with Crippen molar-refractivity contribution < 1.29 is 9.72 Å². The van der Waals surface area contributed by atoms with Gasteiger partial charge in [0.05, 0.1) is 9.83 Å². The van der Waals surface area contributed by atoms with Crippen LogP contribution in [0, 0.1) is 24.0 Å². The summed E-state index contributed by atoms with van der Waals surface area (Å²) in [5.41, 5.74) is 9.73. The van der Waals surface area contributed by atoms with Crippen LogP contribution in [0.2, 0.25) is 0 Å². The third-order valence-electron chi connectivity index (χ3n) is 4.77. The summed E-state index contributed by atoms with van der Waals surface area (Å²) in [6.45, 7) is 4.02. The van der Waals surface area contributed by atoms with Crippen molar-refractivity contribution in [2.75, 3.05) is 0 Å². The lowest BCUT2D eigenvalue weighted by Crippen LogP contribution is -2.01. The molecular weight excluding hydrogens is 432 g/mol. The van der Waals surface area contributed by atoms with Gasteiger partial charge >= 0.3 is 0 Å². The van der Waals surface area contributed by atoms with Gasteiger partial charge in [0.15, 0.2) is 5.17 Å². The number of aliphatic imine (C=N–C) groups is 1. The fourth-order valence-corrected chi connectivity index (χ4v) is 4.82. The van der Waals surface area contributed by atoms with Gasteiger partial charge in [-0.2, -0.15) is 4.99 Å². The van der Waals surface area contributed by atoms with Crippen LogP contribution in [0.3, 0.4) is 0 Å². The molecule has 0 atom stereocenters. The molecule has 3 aromatic rings. The number of hydrogen-bond acceptors (Lipinski definition) is 6. The van der Waals surface area contributed by atoms with Gasteiger partial charge in [-0.3, -0.25) is 14.9 Å². The number of rotatable bonds is 5. The number of amidine groups is 1. The van der Waals surface area contributed by atoms with Crippen LogP contribution < -0.4 is 5.73 Å². The fraction of sp³-hybridized carbons (Fsp3) is 0.0909. The van der Waals surface area contributed by atoms with Crippen molar-refractivity contribution in [3.63, 3.8) is 0 Å². The Morgan fingerprint density at radius 3 is 2.26 bits per heavy atom. The van der Waals surface area contributed by atoms with E-state index in [0.717, 1.165) is 32.4 Å². The molecule has 1 aromatic heterocycles. The van der Waals surface area contributed by atoms with Crippen molar-refractivity contribution in [2.24, 2.45) is 10.7 Å². The Hall–Kier alpha value is -3.30. The van der Waals surface area contributed by atoms with Crippen molar-refractivity contribution in [3.05, 3.63) is 86.6 Å². The van der Waals surface area contributed by atoms with E-state index in [9.17, 15) is 14.9 Å². The van der Waals surface area contributed by atoms with Crippen LogP contribution in [0.4, 0.5) is 5.69 Å². The summed E-state index contributed by atoms with van der Waals surface area (Å²) in [4.78, 5) is 28.5. The van der Waals surface area contributed by atoms with E-state index < -0.39 is 4.92 Å². The SMILES string of the molecule is Cc1cc(/C=C2\SC(N)=NC2=O)c(C)n1-c1ccc(Sc2ccc([N+](=O)[O-])cc2)cc1. The summed E-state index contributed by atoms with van der Waals surface area (Å²) in [6.07, 6.45) is 1.83. The molecule has 156 valence electrons. The molecule has 0 unspecified atom stereocenters. The first-order chi connectivity index (χ1) is 14.8. The highest BCUT2D eigenvalue weighted by molar-refractivity contribution is 8.18. The molecule has 0 fully saturated rings. The molecule has 4 rings (SSSR count). The van der Waals surface area contributed by atoms with E-state index in [4.69, 9.17) is 5.73 Å². The third kappa shape index (κ3) is 4.42. The molecule has 31 heavy (non-hydrogen) atoms. The lowest BCUT2D eigenvalue weighted by atomic mass is 10.2. The number of benzene rings is 2. The number of hydrogen-bond donors (Lipinski definition) is 1. The Kier molecular flexibility index (Phi) is 5.71. The van der Waals surface area contributed by atoms with Crippen LogP contribution in [0.25, 0.3) is 11.8 Å². The van der Waals surface area contributed by atoms with Gasteiger partial charge in [0.1, 0.15) is 0 Å². The number of thioether (sulfide) groups is 1. The molecule has 1 aliphatic heterocycles. The molecule has 2 N–H and O–H groups in total. The molecule has 9 heteroatoms. The van der Waals surface area contributed by atoms with Gasteiger partial charge < -0.3 is 10.3 Å². The molecule has 0 spiro atoms. The Morgan fingerprint density at radius 2 is 1.71 bits per heavy atom. The Bertz CT molecular complexity index is 1240. The first kappa shape index (κ1) is 21.0. The summed E-state index contributed by atoms with van der Waals surface area (Å²) < 4.78 is 2.13. The predicted octanol–water partition coefficient (Wildman–Crippen LogP) is 5.08. The molecule has 1 aliphatic rings. The van der Waals surface area contributed by atoms with Crippen molar-refractivity contribution in [3.8, 4) is 5.69 Å². The number of aryl methyl sites for hydroxylation is 1. The molecule has 0 radical (unpaired) electrons. The minimum atomic E-state index is -0.404. The van der Waals surface area contributed by atoms with Gasteiger partial charge in [0.2, 0.25) is 0 Å². The highest BCUT2D eigenvalue weighted by atomic mass is 32.2. The van der Waals surface area contributed by atoms with Crippen LogP contribution in [0.5, 0.6) is 0 Å². The van der Waals surface area contributed by atoms with Gasteiger partial charge in [-0.25, -0.2) is 0 Å². The number of nitro benzene ring substituents is 1. The fourth-order valence-electron chi connectivity index (χ4n) is 3.33. The summed E-state index contributed by atoms with van der Waals surface area (Å²) >= 11 is 2.72. The second kappa shape index (κ2) is 8.44. The van der Waals surface area contributed by atoms with Gasteiger partial charge in [0, 0.05) is 39.0 Å². The third-order valence-corrected chi connectivity index (χ3v) is 6.60. The molecule has 0 bridgehead atoms. The number of amides is 1. The molecule has 0 aliphatic carbocycles. The maximum Gasteiger partial charge on any atom is 0.286 e. The number of non-ortho nitro benzene ring substituents is 1. The van der Waals surface area contributed by atoms with Crippen molar-refractivity contribution in [1.29, 1.82) is 0 Å². The lowest BCUT2D eigenvalue weighted by molar-refractivity contribution is -0.384. The van der Waals surface area contributed by atoms with Gasteiger partial charge in [-0.05, 0) is 79.7 Å². The van der Waals surface area contributed by atoms with Crippen molar-refractivity contribution >= 4 is 46.4 Å². The van der Waals surface area contributed by atoms with Crippen LogP contribution in [0.15, 0.2) is 74.3 Å². The average Bonchev–Trinajstić information content (AvgIpc) is 3.20. The van der Waals surface area contributed by atoms with E-state index in [1.807, 2.05) is 50.3 Å². The van der Waals surface area contributed by atoms with Gasteiger partial charge in [-0.1, -0.05) is 11.8 Å². The van der Waals surface area contributed by atoms with E-state index in [2.05, 4.69) is 9.56 Å². The molecule has 0 saturated heterocycles. The maximum atomic E-state index is 11.9. The lowest BCUT2D eigenvalue weighted by Gasteiger charge is -2.11. The molecule has 0 saturated carbocycles. The van der Waals surface area contributed by atoms with Crippen LogP contribution >= 0.6 is 23.5 Å². The van der Waals surface area contributed by atoms with Crippen molar-refractivity contribution in [2.45, 2.75) is 23.6 Å². The van der Waals surface area contributed by atoms with E-state index in [1.165, 1.54) is 23.9 Å². The average molecular weight is 451 g/mol. The second-order valence-electron chi connectivity index (χ2n) is 6.87. The predicted molar refractivity (Wildman–Crippen MR) is 125 cm³/mol. The van der Waals surface area contributed by atoms with E-state index in [0.29, 0.717) is 4.91 Å². The highest BCUT2D eigenvalue weighted by Crippen LogP contribution is 2.32. The summed E-state index contributed by atoms with van der Waals surface area (Å²) in [6, 6.07) is 16.6. The number of nitrogens with two attached hydrogens (primary N) is 1. The smallest absolute Gasteiger partial charge is 0.286 e. The van der Waals surface area contributed by atoms with E-state index in [1.54, 1.807) is 23.9 Å².